The first kappa shape index (κ1) is 17.2. The van der Waals surface area contributed by atoms with Gasteiger partial charge in [0.1, 0.15) is 0 Å². The summed E-state index contributed by atoms with van der Waals surface area (Å²) in [6.07, 6.45) is 0. The minimum atomic E-state index is -0.205. The van der Waals surface area contributed by atoms with Crippen LogP contribution in [0.4, 0.5) is 0 Å². The van der Waals surface area contributed by atoms with Crippen LogP contribution in [0.15, 0.2) is 60.7 Å². The van der Waals surface area contributed by atoms with Gasteiger partial charge >= 0.3 is 5.97 Å². The van der Waals surface area contributed by atoms with Gasteiger partial charge in [0.15, 0.2) is 0 Å². The van der Waals surface area contributed by atoms with E-state index in [1.807, 2.05) is 36.4 Å². The Bertz CT molecular complexity index is 572. The number of carbonyl (C=O) groups is 1. The topological polar surface area (TPSA) is 41.6 Å². The molecule has 2 aromatic carbocycles. The van der Waals surface area contributed by atoms with Crippen molar-refractivity contribution in [3.63, 3.8) is 0 Å². The number of esters is 1. The third kappa shape index (κ3) is 6.63. The molecule has 0 atom stereocenters. The third-order valence-corrected chi connectivity index (χ3v) is 3.61. The molecule has 2 aromatic rings. The molecule has 0 spiro atoms. The standard InChI is InChI=1S/C19H24N2O2/c1-23-19(22)16-21(15-18-10-6-3-7-11-18)13-12-20-14-17-8-4-2-5-9-17/h2-11,20H,12-16H2,1H3. The Hall–Kier alpha value is -2.17. The molecule has 1 N–H and O–H groups in total. The van der Waals surface area contributed by atoms with Crippen molar-refractivity contribution >= 4 is 5.97 Å². The van der Waals surface area contributed by atoms with Crippen molar-refractivity contribution in [1.29, 1.82) is 0 Å². The van der Waals surface area contributed by atoms with Gasteiger partial charge in [-0.1, -0.05) is 60.7 Å². The highest BCUT2D eigenvalue weighted by molar-refractivity contribution is 5.71. The largest absolute Gasteiger partial charge is 0.468 e. The Morgan fingerprint density at radius 2 is 1.61 bits per heavy atom. The Morgan fingerprint density at radius 3 is 2.22 bits per heavy atom. The Kier molecular flexibility index (Phi) is 7.30. The van der Waals surface area contributed by atoms with Crippen LogP contribution >= 0.6 is 0 Å². The monoisotopic (exact) mass is 312 g/mol. The molecule has 0 heterocycles. The van der Waals surface area contributed by atoms with E-state index in [2.05, 4.69) is 34.5 Å². The molecule has 0 saturated carbocycles. The molecular weight excluding hydrogens is 288 g/mol. The van der Waals surface area contributed by atoms with Gasteiger partial charge in [-0.05, 0) is 11.1 Å². The van der Waals surface area contributed by atoms with Crippen LogP contribution in [0.2, 0.25) is 0 Å². The number of benzene rings is 2. The van der Waals surface area contributed by atoms with Gasteiger partial charge in [-0.25, -0.2) is 0 Å². The number of nitrogens with one attached hydrogen (secondary N) is 1. The van der Waals surface area contributed by atoms with Crippen LogP contribution in [0.5, 0.6) is 0 Å². The van der Waals surface area contributed by atoms with Gasteiger partial charge in [-0.3, -0.25) is 9.69 Å². The summed E-state index contributed by atoms with van der Waals surface area (Å²) in [6, 6.07) is 20.5. The van der Waals surface area contributed by atoms with Crippen molar-refractivity contribution in [2.24, 2.45) is 0 Å². The molecule has 0 aliphatic rings. The summed E-state index contributed by atoms with van der Waals surface area (Å²) in [7, 11) is 1.43. The zero-order valence-electron chi connectivity index (χ0n) is 13.6. The molecule has 122 valence electrons. The number of rotatable bonds is 9. The van der Waals surface area contributed by atoms with Crippen molar-refractivity contribution < 1.29 is 9.53 Å². The Morgan fingerprint density at radius 1 is 1.00 bits per heavy atom. The maximum Gasteiger partial charge on any atom is 0.319 e. The van der Waals surface area contributed by atoms with E-state index in [4.69, 9.17) is 4.74 Å². The van der Waals surface area contributed by atoms with Gasteiger partial charge in [-0.2, -0.15) is 0 Å². The van der Waals surface area contributed by atoms with Gasteiger partial charge in [0.2, 0.25) is 0 Å². The molecule has 2 rings (SSSR count). The van der Waals surface area contributed by atoms with E-state index in [0.29, 0.717) is 6.54 Å². The highest BCUT2D eigenvalue weighted by Crippen LogP contribution is 2.04. The summed E-state index contributed by atoms with van der Waals surface area (Å²) in [5, 5.41) is 3.42. The van der Waals surface area contributed by atoms with E-state index in [1.54, 1.807) is 0 Å². The molecule has 0 radical (unpaired) electrons. The molecule has 0 aliphatic heterocycles. The first-order valence-corrected chi connectivity index (χ1v) is 7.85. The fourth-order valence-electron chi connectivity index (χ4n) is 2.37. The molecule has 4 heteroatoms. The quantitative estimate of drug-likeness (QED) is 0.570. The molecule has 0 fully saturated rings. The Labute approximate surface area is 138 Å². The number of carbonyl (C=O) groups excluding carboxylic acids is 1. The minimum Gasteiger partial charge on any atom is -0.468 e. The van der Waals surface area contributed by atoms with Gasteiger partial charge < -0.3 is 10.1 Å². The van der Waals surface area contributed by atoms with Crippen molar-refractivity contribution in [2.45, 2.75) is 13.1 Å². The smallest absolute Gasteiger partial charge is 0.319 e. The second kappa shape index (κ2) is 9.77. The molecule has 0 aromatic heterocycles. The average molecular weight is 312 g/mol. The molecule has 0 aliphatic carbocycles. The number of hydrogen-bond donors (Lipinski definition) is 1. The van der Waals surface area contributed by atoms with Crippen LogP contribution in [0, 0.1) is 0 Å². The highest BCUT2D eigenvalue weighted by atomic mass is 16.5. The normalized spacial score (nSPS) is 10.7. The summed E-state index contributed by atoms with van der Waals surface area (Å²) in [5.74, 6) is -0.205. The summed E-state index contributed by atoms with van der Waals surface area (Å²) >= 11 is 0. The predicted molar refractivity (Wildman–Crippen MR) is 91.9 cm³/mol. The minimum absolute atomic E-state index is 0.205. The van der Waals surface area contributed by atoms with Gasteiger partial charge in [0.05, 0.1) is 13.7 Å². The molecule has 23 heavy (non-hydrogen) atoms. The second-order valence-corrected chi connectivity index (χ2v) is 5.43. The number of hydrogen-bond acceptors (Lipinski definition) is 4. The highest BCUT2D eigenvalue weighted by Gasteiger charge is 2.11. The predicted octanol–water partition coefficient (Wildman–Crippen LogP) is 2.45. The van der Waals surface area contributed by atoms with Crippen LogP contribution in [0.3, 0.4) is 0 Å². The fourth-order valence-corrected chi connectivity index (χ4v) is 2.37. The number of ether oxygens (including phenoxy) is 1. The lowest BCUT2D eigenvalue weighted by atomic mass is 10.2. The molecule has 0 amide bonds. The van der Waals surface area contributed by atoms with Crippen molar-refractivity contribution in [3.05, 3.63) is 71.8 Å². The van der Waals surface area contributed by atoms with Crippen molar-refractivity contribution in [3.8, 4) is 0 Å². The average Bonchev–Trinajstić information content (AvgIpc) is 2.60. The summed E-state index contributed by atoms with van der Waals surface area (Å²) in [4.78, 5) is 13.7. The summed E-state index contributed by atoms with van der Waals surface area (Å²) < 4.78 is 4.79. The molecule has 4 nitrogen and oxygen atoms in total. The van der Waals surface area contributed by atoms with Gasteiger partial charge in [-0.15, -0.1) is 0 Å². The van der Waals surface area contributed by atoms with Crippen LogP contribution in [0.1, 0.15) is 11.1 Å². The Balaban J connectivity index is 1.80. The zero-order chi connectivity index (χ0) is 16.3. The van der Waals surface area contributed by atoms with E-state index in [-0.39, 0.29) is 5.97 Å². The van der Waals surface area contributed by atoms with Crippen LogP contribution in [-0.2, 0) is 22.6 Å². The SMILES string of the molecule is COC(=O)CN(CCNCc1ccccc1)Cc1ccccc1. The first-order chi connectivity index (χ1) is 11.3. The van der Waals surface area contributed by atoms with E-state index >= 15 is 0 Å². The lowest BCUT2D eigenvalue weighted by Crippen LogP contribution is -2.35. The van der Waals surface area contributed by atoms with Gasteiger partial charge in [0, 0.05) is 26.2 Å². The maximum atomic E-state index is 11.6. The van der Waals surface area contributed by atoms with E-state index in [0.717, 1.165) is 26.2 Å². The summed E-state index contributed by atoms with van der Waals surface area (Å²) in [5.41, 5.74) is 2.45. The van der Waals surface area contributed by atoms with E-state index < -0.39 is 0 Å². The lowest BCUT2D eigenvalue weighted by Gasteiger charge is -2.21. The molecule has 0 unspecified atom stereocenters. The van der Waals surface area contributed by atoms with Crippen LogP contribution in [-0.4, -0.2) is 37.6 Å². The lowest BCUT2D eigenvalue weighted by molar-refractivity contribution is -0.142. The maximum absolute atomic E-state index is 11.6. The van der Waals surface area contributed by atoms with Crippen LogP contribution < -0.4 is 5.32 Å². The first-order valence-electron chi connectivity index (χ1n) is 7.85. The molecule has 0 saturated heterocycles. The second-order valence-electron chi connectivity index (χ2n) is 5.43. The number of nitrogens with zero attached hydrogens (tertiary/aromatic N) is 1. The van der Waals surface area contributed by atoms with Crippen molar-refractivity contribution in [2.75, 3.05) is 26.7 Å². The number of methoxy groups -OCH3 is 1. The van der Waals surface area contributed by atoms with Gasteiger partial charge in [0.25, 0.3) is 0 Å². The third-order valence-electron chi connectivity index (χ3n) is 3.61. The molecule has 0 bridgehead atoms. The van der Waals surface area contributed by atoms with E-state index in [9.17, 15) is 4.79 Å². The zero-order valence-corrected chi connectivity index (χ0v) is 13.6. The summed E-state index contributed by atoms with van der Waals surface area (Å²) in [6.45, 7) is 3.48. The fraction of sp³-hybridized carbons (Fsp3) is 0.316. The van der Waals surface area contributed by atoms with Crippen molar-refractivity contribution in [1.82, 2.24) is 10.2 Å². The molecular formula is C19H24N2O2. The van der Waals surface area contributed by atoms with E-state index in [1.165, 1.54) is 18.2 Å². The van der Waals surface area contributed by atoms with Crippen LogP contribution in [0.25, 0.3) is 0 Å².